The van der Waals surface area contributed by atoms with Crippen LogP contribution < -0.4 is 10.2 Å². The lowest BCUT2D eigenvalue weighted by Gasteiger charge is -2.44. The first-order chi connectivity index (χ1) is 8.54. The Kier molecular flexibility index (Phi) is 4.57. The van der Waals surface area contributed by atoms with Gasteiger partial charge in [-0.1, -0.05) is 18.5 Å². The van der Waals surface area contributed by atoms with Crippen LogP contribution in [-0.4, -0.2) is 25.7 Å². The van der Waals surface area contributed by atoms with Crippen molar-refractivity contribution >= 4 is 33.2 Å². The summed E-state index contributed by atoms with van der Waals surface area (Å²) in [4.78, 5) is 2.46. The first kappa shape index (κ1) is 14.2. The van der Waals surface area contributed by atoms with E-state index in [4.69, 9.17) is 11.6 Å². The molecule has 1 aromatic carbocycles. The van der Waals surface area contributed by atoms with Gasteiger partial charge in [0.1, 0.15) is 0 Å². The molecule has 1 aliphatic heterocycles. The van der Waals surface area contributed by atoms with Crippen LogP contribution in [0.3, 0.4) is 0 Å². The fourth-order valence-electron chi connectivity index (χ4n) is 2.80. The summed E-state index contributed by atoms with van der Waals surface area (Å²) in [5, 5.41) is 4.20. The maximum absolute atomic E-state index is 6.19. The summed E-state index contributed by atoms with van der Waals surface area (Å²) in [5.41, 5.74) is 1.22. The normalized spacial score (nSPS) is 28.5. The molecule has 3 unspecified atom stereocenters. The van der Waals surface area contributed by atoms with Gasteiger partial charge in [-0.2, -0.15) is 0 Å². The van der Waals surface area contributed by atoms with E-state index in [0.717, 1.165) is 16.0 Å². The van der Waals surface area contributed by atoms with Crippen LogP contribution in [0.1, 0.15) is 20.3 Å². The van der Waals surface area contributed by atoms with E-state index in [0.29, 0.717) is 18.0 Å². The lowest BCUT2D eigenvalue weighted by molar-refractivity contribution is 0.283. The van der Waals surface area contributed by atoms with Gasteiger partial charge in [0.25, 0.3) is 0 Å². The molecule has 0 amide bonds. The van der Waals surface area contributed by atoms with Crippen molar-refractivity contribution in [3.05, 3.63) is 27.7 Å². The van der Waals surface area contributed by atoms with Crippen molar-refractivity contribution in [1.29, 1.82) is 0 Å². The van der Waals surface area contributed by atoms with Gasteiger partial charge >= 0.3 is 0 Å². The molecular weight excluding hydrogens is 312 g/mol. The van der Waals surface area contributed by atoms with Crippen molar-refractivity contribution in [3.63, 3.8) is 0 Å². The van der Waals surface area contributed by atoms with Crippen LogP contribution in [0.2, 0.25) is 5.02 Å². The highest BCUT2D eigenvalue weighted by atomic mass is 79.9. The van der Waals surface area contributed by atoms with E-state index in [9.17, 15) is 0 Å². The van der Waals surface area contributed by atoms with Gasteiger partial charge in [-0.3, -0.25) is 0 Å². The van der Waals surface area contributed by atoms with Crippen LogP contribution in [-0.2, 0) is 0 Å². The van der Waals surface area contributed by atoms with E-state index in [1.807, 2.05) is 6.07 Å². The Bertz CT molecular complexity index is 424. The Morgan fingerprint density at radius 2 is 2.11 bits per heavy atom. The van der Waals surface area contributed by atoms with Crippen LogP contribution in [0.15, 0.2) is 22.7 Å². The third-order valence-corrected chi connectivity index (χ3v) is 5.41. The molecular formula is C14H20BrClN2. The zero-order valence-corrected chi connectivity index (χ0v) is 13.4. The molecule has 0 radical (unpaired) electrons. The van der Waals surface area contributed by atoms with Gasteiger partial charge in [-0.15, -0.1) is 0 Å². The van der Waals surface area contributed by atoms with Gasteiger partial charge in [0, 0.05) is 28.8 Å². The van der Waals surface area contributed by atoms with Gasteiger partial charge in [0.2, 0.25) is 0 Å². The molecule has 1 fully saturated rings. The number of halogens is 2. The SMILES string of the molecule is CNC1CCN(c2ccc(Br)c(Cl)c2)C(C)C1C. The Morgan fingerprint density at radius 3 is 2.72 bits per heavy atom. The minimum Gasteiger partial charge on any atom is -0.368 e. The summed E-state index contributed by atoms with van der Waals surface area (Å²) in [5.74, 6) is 0.631. The second kappa shape index (κ2) is 5.81. The molecule has 3 atom stereocenters. The standard InChI is InChI=1S/C14H20BrClN2/c1-9-10(2)18(7-6-14(9)17-3)11-4-5-12(15)13(16)8-11/h4-5,8-10,14,17H,6-7H2,1-3H3. The molecule has 1 heterocycles. The summed E-state index contributed by atoms with van der Waals surface area (Å²) < 4.78 is 0.957. The van der Waals surface area contributed by atoms with Crippen molar-refractivity contribution in [2.75, 3.05) is 18.5 Å². The van der Waals surface area contributed by atoms with Crippen molar-refractivity contribution < 1.29 is 0 Å². The van der Waals surface area contributed by atoms with Crippen molar-refractivity contribution in [2.45, 2.75) is 32.4 Å². The molecule has 1 saturated heterocycles. The van der Waals surface area contributed by atoms with E-state index < -0.39 is 0 Å². The van der Waals surface area contributed by atoms with Crippen LogP contribution in [0.25, 0.3) is 0 Å². The second-order valence-electron chi connectivity index (χ2n) is 5.08. The van der Waals surface area contributed by atoms with E-state index in [1.54, 1.807) is 0 Å². The third-order valence-electron chi connectivity index (χ3n) is 4.17. The Balaban J connectivity index is 2.21. The van der Waals surface area contributed by atoms with Crippen LogP contribution in [0, 0.1) is 5.92 Å². The predicted octanol–water partition coefficient (Wildman–Crippen LogP) is 3.93. The zero-order valence-electron chi connectivity index (χ0n) is 11.1. The molecule has 0 bridgehead atoms. The first-order valence-corrected chi connectivity index (χ1v) is 7.60. The molecule has 0 spiro atoms. The predicted molar refractivity (Wildman–Crippen MR) is 82.6 cm³/mol. The molecule has 0 aromatic heterocycles. The van der Waals surface area contributed by atoms with Crippen molar-refractivity contribution in [1.82, 2.24) is 5.32 Å². The fourth-order valence-corrected chi connectivity index (χ4v) is 3.22. The topological polar surface area (TPSA) is 15.3 Å². The summed E-state index contributed by atoms with van der Waals surface area (Å²) in [6.45, 7) is 5.69. The Hall–Kier alpha value is -0.250. The lowest BCUT2D eigenvalue weighted by Crippen LogP contribution is -2.52. The molecule has 100 valence electrons. The summed E-state index contributed by atoms with van der Waals surface area (Å²) >= 11 is 9.63. The molecule has 2 nitrogen and oxygen atoms in total. The maximum Gasteiger partial charge on any atom is 0.0568 e. The number of nitrogens with zero attached hydrogens (tertiary/aromatic N) is 1. The highest BCUT2D eigenvalue weighted by molar-refractivity contribution is 9.10. The Morgan fingerprint density at radius 1 is 1.39 bits per heavy atom. The smallest absolute Gasteiger partial charge is 0.0568 e. The zero-order chi connectivity index (χ0) is 13.3. The summed E-state index contributed by atoms with van der Waals surface area (Å²) in [6, 6.07) is 7.35. The minimum absolute atomic E-state index is 0.522. The highest BCUT2D eigenvalue weighted by Gasteiger charge is 2.31. The molecule has 0 aliphatic carbocycles. The van der Waals surface area contributed by atoms with E-state index in [1.165, 1.54) is 12.1 Å². The largest absolute Gasteiger partial charge is 0.368 e. The van der Waals surface area contributed by atoms with Crippen LogP contribution in [0.4, 0.5) is 5.69 Å². The van der Waals surface area contributed by atoms with Gasteiger partial charge in [-0.05, 0) is 60.4 Å². The third kappa shape index (κ3) is 2.68. The van der Waals surface area contributed by atoms with Gasteiger partial charge in [0.05, 0.1) is 5.02 Å². The van der Waals surface area contributed by atoms with Crippen LogP contribution in [0.5, 0.6) is 0 Å². The van der Waals surface area contributed by atoms with Gasteiger partial charge < -0.3 is 10.2 Å². The molecule has 18 heavy (non-hydrogen) atoms. The molecule has 1 N–H and O–H groups in total. The average molecular weight is 332 g/mol. The average Bonchev–Trinajstić information content (AvgIpc) is 2.36. The van der Waals surface area contributed by atoms with E-state index >= 15 is 0 Å². The Labute approximate surface area is 123 Å². The maximum atomic E-state index is 6.19. The molecule has 1 aromatic rings. The second-order valence-corrected chi connectivity index (χ2v) is 6.34. The lowest BCUT2D eigenvalue weighted by atomic mass is 9.87. The van der Waals surface area contributed by atoms with Gasteiger partial charge in [-0.25, -0.2) is 0 Å². The number of benzene rings is 1. The molecule has 1 aliphatic rings. The number of hydrogen-bond donors (Lipinski definition) is 1. The number of hydrogen-bond acceptors (Lipinski definition) is 2. The first-order valence-electron chi connectivity index (χ1n) is 6.43. The summed E-state index contributed by atoms with van der Waals surface area (Å²) in [7, 11) is 2.06. The monoisotopic (exact) mass is 330 g/mol. The van der Waals surface area contributed by atoms with Gasteiger partial charge in [0.15, 0.2) is 0 Å². The number of rotatable bonds is 2. The number of piperidine rings is 1. The minimum atomic E-state index is 0.522. The molecule has 4 heteroatoms. The highest BCUT2D eigenvalue weighted by Crippen LogP contribution is 2.32. The quantitative estimate of drug-likeness (QED) is 0.883. The van der Waals surface area contributed by atoms with Crippen molar-refractivity contribution in [3.8, 4) is 0 Å². The fraction of sp³-hybridized carbons (Fsp3) is 0.571. The number of anilines is 1. The molecule has 0 saturated carbocycles. The van der Waals surface area contributed by atoms with E-state index in [-0.39, 0.29) is 0 Å². The summed E-state index contributed by atoms with van der Waals surface area (Å²) in [6.07, 6.45) is 1.18. The molecule has 2 rings (SSSR count). The van der Waals surface area contributed by atoms with E-state index in [2.05, 4.69) is 59.2 Å². The van der Waals surface area contributed by atoms with Crippen LogP contribution >= 0.6 is 27.5 Å². The number of nitrogens with one attached hydrogen (secondary N) is 1. The van der Waals surface area contributed by atoms with Crippen molar-refractivity contribution in [2.24, 2.45) is 5.92 Å².